The number of nitrogens with one attached hydrogen (secondary N) is 1. The maximum Gasteiger partial charge on any atom is 0.129 e. The van der Waals surface area contributed by atoms with Gasteiger partial charge in [0.25, 0.3) is 0 Å². The van der Waals surface area contributed by atoms with Gasteiger partial charge >= 0.3 is 0 Å². The molecule has 1 aromatic rings. The maximum absolute atomic E-state index is 5.71. The fourth-order valence-corrected chi connectivity index (χ4v) is 2.70. The Morgan fingerprint density at radius 3 is 2.86 bits per heavy atom. The van der Waals surface area contributed by atoms with Crippen LogP contribution in [0.15, 0.2) is 12.1 Å². The highest BCUT2D eigenvalue weighted by molar-refractivity contribution is 5.44. The quantitative estimate of drug-likeness (QED) is 0.905. The molecule has 0 aliphatic carbocycles. The lowest BCUT2D eigenvalue weighted by molar-refractivity contribution is 0.0340. The average Bonchev–Trinajstić information content (AvgIpc) is 2.40. The molecule has 2 rings (SSSR count). The first-order valence-corrected chi connectivity index (χ1v) is 8.02. The van der Waals surface area contributed by atoms with E-state index in [-0.39, 0.29) is 6.10 Å². The Morgan fingerprint density at radius 1 is 1.38 bits per heavy atom. The van der Waals surface area contributed by atoms with E-state index in [1.807, 2.05) is 0 Å². The zero-order valence-corrected chi connectivity index (χ0v) is 14.0. The van der Waals surface area contributed by atoms with E-state index in [0.717, 1.165) is 37.8 Å². The van der Waals surface area contributed by atoms with Crippen LogP contribution in [0.5, 0.6) is 0 Å². The predicted molar refractivity (Wildman–Crippen MR) is 87.7 cm³/mol. The van der Waals surface area contributed by atoms with Gasteiger partial charge in [0.05, 0.1) is 18.8 Å². The number of nitrogens with zero attached hydrogens (tertiary/aromatic N) is 2. The van der Waals surface area contributed by atoms with Gasteiger partial charge in [0, 0.05) is 18.8 Å². The second-order valence-electron chi connectivity index (χ2n) is 6.65. The summed E-state index contributed by atoms with van der Waals surface area (Å²) in [6.45, 7) is 14.5. The third-order valence-electron chi connectivity index (χ3n) is 3.78. The molecule has 1 N–H and O–H groups in total. The summed E-state index contributed by atoms with van der Waals surface area (Å²) in [4.78, 5) is 7.10. The van der Waals surface area contributed by atoms with E-state index in [1.54, 1.807) is 0 Å². The fraction of sp³-hybridized carbons (Fsp3) is 0.706. The lowest BCUT2D eigenvalue weighted by Crippen LogP contribution is -2.47. The molecule has 4 nitrogen and oxygen atoms in total. The number of morpholine rings is 1. The largest absolute Gasteiger partial charge is 0.375 e. The number of aromatic nitrogens is 1. The normalized spacial score (nSPS) is 22.9. The van der Waals surface area contributed by atoms with Gasteiger partial charge in [-0.1, -0.05) is 13.8 Å². The Labute approximate surface area is 128 Å². The van der Waals surface area contributed by atoms with Crippen LogP contribution >= 0.6 is 0 Å². The van der Waals surface area contributed by atoms with Crippen LogP contribution in [-0.2, 0) is 11.3 Å². The molecule has 21 heavy (non-hydrogen) atoms. The molecule has 2 heterocycles. The van der Waals surface area contributed by atoms with Crippen molar-refractivity contribution in [3.8, 4) is 0 Å². The van der Waals surface area contributed by atoms with Crippen LogP contribution in [0.3, 0.4) is 0 Å². The third kappa shape index (κ3) is 4.68. The summed E-state index contributed by atoms with van der Waals surface area (Å²) in [5, 5.41) is 3.51. The first-order chi connectivity index (χ1) is 9.95. The van der Waals surface area contributed by atoms with Crippen molar-refractivity contribution in [2.45, 2.75) is 53.3 Å². The monoisotopic (exact) mass is 291 g/mol. The molecule has 0 spiro atoms. The van der Waals surface area contributed by atoms with E-state index in [1.165, 1.54) is 5.56 Å². The van der Waals surface area contributed by atoms with Crippen molar-refractivity contribution in [2.24, 2.45) is 5.92 Å². The van der Waals surface area contributed by atoms with Gasteiger partial charge in [0.2, 0.25) is 0 Å². The number of hydrogen-bond donors (Lipinski definition) is 1. The van der Waals surface area contributed by atoms with Crippen molar-refractivity contribution in [2.75, 3.05) is 24.6 Å². The van der Waals surface area contributed by atoms with Gasteiger partial charge in [0.15, 0.2) is 0 Å². The fourth-order valence-electron chi connectivity index (χ4n) is 2.70. The van der Waals surface area contributed by atoms with Gasteiger partial charge in [-0.05, 0) is 50.9 Å². The number of rotatable bonds is 5. The van der Waals surface area contributed by atoms with Crippen molar-refractivity contribution >= 4 is 5.82 Å². The summed E-state index contributed by atoms with van der Waals surface area (Å²) in [5.74, 6) is 1.76. The van der Waals surface area contributed by atoms with Crippen molar-refractivity contribution in [3.05, 3.63) is 23.4 Å². The second-order valence-corrected chi connectivity index (χ2v) is 6.65. The minimum absolute atomic E-state index is 0.269. The van der Waals surface area contributed by atoms with Crippen LogP contribution in [0.4, 0.5) is 5.82 Å². The molecule has 1 aliphatic heterocycles. The maximum atomic E-state index is 5.71. The molecule has 0 radical (unpaired) electrons. The molecule has 0 amide bonds. The number of pyridine rings is 1. The number of anilines is 1. The Kier molecular flexibility index (Phi) is 5.59. The molecule has 2 unspecified atom stereocenters. The van der Waals surface area contributed by atoms with E-state index < -0.39 is 0 Å². The first-order valence-electron chi connectivity index (χ1n) is 8.02. The van der Waals surface area contributed by atoms with Crippen molar-refractivity contribution in [1.82, 2.24) is 10.3 Å². The van der Waals surface area contributed by atoms with Gasteiger partial charge in [-0.25, -0.2) is 4.98 Å². The average molecular weight is 291 g/mol. The molecule has 1 aromatic heterocycles. The standard InChI is InChI=1S/C17H29N3O/c1-12(2)8-18-9-16-6-13(3)19-17(7-16)20-10-15(5)21-11-14(20)4/h6-7,12,14-15,18H,8-11H2,1-5H3. The molecule has 0 saturated carbocycles. The molecule has 2 atom stereocenters. The zero-order chi connectivity index (χ0) is 15.4. The van der Waals surface area contributed by atoms with E-state index in [4.69, 9.17) is 9.72 Å². The summed E-state index contributed by atoms with van der Waals surface area (Å²) in [6, 6.07) is 4.77. The topological polar surface area (TPSA) is 37.4 Å². The van der Waals surface area contributed by atoms with Gasteiger partial charge in [0.1, 0.15) is 5.82 Å². The van der Waals surface area contributed by atoms with Crippen LogP contribution in [0.2, 0.25) is 0 Å². The molecule has 118 valence electrons. The highest BCUT2D eigenvalue weighted by Crippen LogP contribution is 2.21. The predicted octanol–water partition coefficient (Wildman–Crippen LogP) is 2.75. The summed E-state index contributed by atoms with van der Waals surface area (Å²) in [7, 11) is 0. The molecular formula is C17H29N3O. The first kappa shape index (κ1) is 16.2. The molecule has 1 saturated heterocycles. The highest BCUT2D eigenvalue weighted by Gasteiger charge is 2.24. The van der Waals surface area contributed by atoms with Crippen molar-refractivity contribution in [3.63, 3.8) is 0 Å². The van der Waals surface area contributed by atoms with Crippen LogP contribution < -0.4 is 10.2 Å². The SMILES string of the molecule is Cc1cc(CNCC(C)C)cc(N2CC(C)OCC2C)n1. The Morgan fingerprint density at radius 2 is 2.14 bits per heavy atom. The van der Waals surface area contributed by atoms with Crippen LogP contribution in [0.1, 0.15) is 39.0 Å². The Balaban J connectivity index is 2.10. The van der Waals surface area contributed by atoms with E-state index >= 15 is 0 Å². The Bertz CT molecular complexity index is 461. The number of aryl methyl sites for hydroxylation is 1. The summed E-state index contributed by atoms with van der Waals surface area (Å²) in [6.07, 6.45) is 0.269. The van der Waals surface area contributed by atoms with Crippen molar-refractivity contribution < 1.29 is 4.74 Å². The molecule has 0 aromatic carbocycles. The summed E-state index contributed by atoms with van der Waals surface area (Å²) < 4.78 is 5.71. The van der Waals surface area contributed by atoms with Crippen molar-refractivity contribution in [1.29, 1.82) is 0 Å². The Hall–Kier alpha value is -1.13. The molecular weight excluding hydrogens is 262 g/mol. The van der Waals surface area contributed by atoms with Gasteiger partial charge in [-0.3, -0.25) is 0 Å². The second kappa shape index (κ2) is 7.23. The third-order valence-corrected chi connectivity index (χ3v) is 3.78. The van der Waals surface area contributed by atoms with Gasteiger partial charge < -0.3 is 15.0 Å². The lowest BCUT2D eigenvalue weighted by Gasteiger charge is -2.38. The molecule has 1 fully saturated rings. The highest BCUT2D eigenvalue weighted by atomic mass is 16.5. The zero-order valence-electron chi connectivity index (χ0n) is 14.0. The molecule has 1 aliphatic rings. The summed E-state index contributed by atoms with van der Waals surface area (Å²) >= 11 is 0. The molecule has 0 bridgehead atoms. The smallest absolute Gasteiger partial charge is 0.129 e. The van der Waals surface area contributed by atoms with Crippen LogP contribution in [0, 0.1) is 12.8 Å². The number of hydrogen-bond acceptors (Lipinski definition) is 4. The van der Waals surface area contributed by atoms with Crippen LogP contribution in [-0.4, -0.2) is 36.8 Å². The lowest BCUT2D eigenvalue weighted by atomic mass is 10.1. The van der Waals surface area contributed by atoms with E-state index in [2.05, 4.69) is 57.0 Å². The molecule has 4 heteroatoms. The minimum Gasteiger partial charge on any atom is -0.375 e. The van der Waals surface area contributed by atoms with Crippen LogP contribution in [0.25, 0.3) is 0 Å². The minimum atomic E-state index is 0.269. The van der Waals surface area contributed by atoms with Gasteiger partial charge in [-0.2, -0.15) is 0 Å². The van der Waals surface area contributed by atoms with E-state index in [9.17, 15) is 0 Å². The number of ether oxygens (including phenoxy) is 1. The van der Waals surface area contributed by atoms with Gasteiger partial charge in [-0.15, -0.1) is 0 Å². The summed E-state index contributed by atoms with van der Waals surface area (Å²) in [5.41, 5.74) is 2.39. The van der Waals surface area contributed by atoms with E-state index in [0.29, 0.717) is 12.0 Å².